The zero-order valence-electron chi connectivity index (χ0n) is 68.0. The monoisotopic (exact) mass is 1770 g/mol. The Kier molecular flexibility index (Phi) is 37.2. The lowest BCUT2D eigenvalue weighted by Gasteiger charge is -2.25. The number of carbonyl (C=O) groups excluding carboxylic acids is 11. The molecule has 2 saturated heterocycles. The summed E-state index contributed by atoms with van der Waals surface area (Å²) >= 11 is 0.964. The molecular weight excluding hydrogens is 1670 g/mol. The standard InChI is InChI=1S/C82H107N11O23S5/c1-6-92-63-28-26-55(120(111,112)113)40-57(63)81(2,3)69(92)23-12-8-13-24-70-82(4,5)58-41-56(121(114,115)116)27-29-64(58)93(70)34-17-9-14-25-71(99)85-32-16-15-21-50-36-54(94)48-117-45-51(37-68(98)62(43-74(103)104)91-77(50)108)78(109)89-59(22-18-33-86-80(83)84)65(95)30-31-72(100)88-61(42-73(101)102)67(97)39-53-47-119-118-46-52(76(107)87-44-75(105)106)38-66(96)60(90-79(53)110)35-49-19-10-7-11-20-49/h7-8,10-13,19-20,23-24,26-29,40-41,50-53,59-62H,6,9,14-18,21-22,25,30-39,42-48H2,1-5H3,(H14-,83,84,85,86,87,88,89,90,91,99,100,101,102,103,104,105,106,107,108,109,110,111,112,113,114,115,116)/t50-,51+,52+,53+,59+,60+,61+,62+/m1/s1. The number of thioether (sulfide) groups is 1. The van der Waals surface area contributed by atoms with Crippen LogP contribution in [0.1, 0.15) is 160 Å². The minimum atomic E-state index is -4.69. The minimum absolute atomic E-state index is 0.00203. The van der Waals surface area contributed by atoms with Crippen LogP contribution in [-0.2, 0) is 105 Å². The lowest BCUT2D eigenvalue weighted by Crippen LogP contribution is -2.49. The number of aliphatic carboxylic acids is 3. The smallest absolute Gasteiger partial charge is 0.322 e. The fourth-order valence-electron chi connectivity index (χ4n) is 14.8. The molecule has 4 aliphatic rings. The Labute approximate surface area is 714 Å². The predicted octanol–water partition coefficient (Wildman–Crippen LogP) is 5.05. The van der Waals surface area contributed by atoms with E-state index >= 15 is 0 Å². The molecule has 0 aliphatic carbocycles. The second-order valence-electron chi connectivity index (χ2n) is 31.1. The summed E-state index contributed by atoms with van der Waals surface area (Å²) in [6, 6.07) is 11.4. The number of nitrogens with zero attached hydrogens (tertiary/aromatic N) is 3. The van der Waals surface area contributed by atoms with Crippen molar-refractivity contribution in [2.75, 3.05) is 60.6 Å². The maximum Gasteiger partial charge on any atom is 0.322 e. The van der Waals surface area contributed by atoms with Crippen LogP contribution in [0.15, 0.2) is 118 Å². The van der Waals surface area contributed by atoms with Gasteiger partial charge in [-0.3, -0.25) is 76.7 Å². The molecule has 0 saturated carbocycles. The number of aliphatic imine (C=N–C) groups is 1. The maximum absolute atomic E-state index is 14.3. The minimum Gasteiger partial charge on any atom is -0.744 e. The first kappa shape index (κ1) is 98.2. The molecule has 121 heavy (non-hydrogen) atoms. The highest BCUT2D eigenvalue weighted by atomic mass is 33.1. The average molecular weight is 1780 g/mol. The van der Waals surface area contributed by atoms with Gasteiger partial charge < -0.3 is 68.1 Å². The molecule has 39 heteroatoms. The van der Waals surface area contributed by atoms with E-state index in [0.29, 0.717) is 61.9 Å². The summed E-state index contributed by atoms with van der Waals surface area (Å²) in [7, 11) is -7.08. The third-order valence-corrected chi connectivity index (χ3v) is 26.7. The van der Waals surface area contributed by atoms with Crippen LogP contribution in [0.2, 0.25) is 0 Å². The van der Waals surface area contributed by atoms with Crippen molar-refractivity contribution >= 4 is 159 Å². The van der Waals surface area contributed by atoms with Crippen LogP contribution in [0.5, 0.6) is 0 Å². The number of hydrogen-bond acceptors (Lipinski definition) is 24. The van der Waals surface area contributed by atoms with Crippen molar-refractivity contribution in [3.05, 3.63) is 119 Å². The molecule has 4 aliphatic heterocycles. The highest BCUT2D eigenvalue weighted by Gasteiger charge is 2.46. The van der Waals surface area contributed by atoms with E-state index in [1.807, 2.05) is 65.0 Å². The van der Waals surface area contributed by atoms with E-state index < -0.39 is 200 Å². The van der Waals surface area contributed by atoms with Gasteiger partial charge in [-0.1, -0.05) is 90.4 Å². The number of benzene rings is 3. The number of hydrogen-bond donors (Lipinski definition) is 12. The average Bonchev–Trinajstić information content (AvgIpc) is 1.59. The highest BCUT2D eigenvalue weighted by Crippen LogP contribution is 2.49. The number of ketones is 5. The van der Waals surface area contributed by atoms with E-state index in [1.54, 1.807) is 42.5 Å². The molecule has 0 bridgehead atoms. The van der Waals surface area contributed by atoms with Gasteiger partial charge in [0.25, 0.3) is 10.1 Å². The molecule has 0 unspecified atom stereocenters. The Balaban J connectivity index is 0.917. The molecule has 6 amide bonds. The predicted molar refractivity (Wildman–Crippen MR) is 453 cm³/mol. The molecule has 658 valence electrons. The summed E-state index contributed by atoms with van der Waals surface area (Å²) in [6.07, 6.45) is 6.86. The van der Waals surface area contributed by atoms with E-state index in [9.17, 15) is 103 Å². The Hall–Kier alpha value is -9.93. The summed E-state index contributed by atoms with van der Waals surface area (Å²) in [5.74, 6) is -17.5. The number of rotatable bonds is 40. The third kappa shape index (κ3) is 29.7. The molecule has 0 aromatic heterocycles. The number of nitrogens with one attached hydrogen (secondary N) is 6. The van der Waals surface area contributed by atoms with Gasteiger partial charge in [0, 0.05) is 129 Å². The van der Waals surface area contributed by atoms with E-state index in [-0.39, 0.29) is 103 Å². The quantitative estimate of drug-likeness (QED) is 0.00673. The van der Waals surface area contributed by atoms with E-state index in [2.05, 4.69) is 46.4 Å². The number of likely N-dealkylation sites (N-methyl/N-ethyl adjacent to an activating group) is 1. The number of carboxylic acids is 3. The van der Waals surface area contributed by atoms with Crippen molar-refractivity contribution in [3.8, 4) is 0 Å². The van der Waals surface area contributed by atoms with Crippen molar-refractivity contribution in [2.45, 2.75) is 195 Å². The first-order valence-corrected chi connectivity index (χ1v) is 46.2. The summed E-state index contributed by atoms with van der Waals surface area (Å²) in [5, 5.41) is 44.4. The van der Waals surface area contributed by atoms with E-state index in [0.717, 1.165) is 56.1 Å². The first-order chi connectivity index (χ1) is 57.1. The maximum atomic E-state index is 14.3. The molecule has 3 aromatic carbocycles. The van der Waals surface area contributed by atoms with Gasteiger partial charge in [0.15, 0.2) is 34.8 Å². The molecule has 2 fully saturated rings. The molecule has 0 radical (unpaired) electrons. The van der Waals surface area contributed by atoms with Crippen LogP contribution in [-0.4, -0.2) is 220 Å². The van der Waals surface area contributed by atoms with Crippen molar-refractivity contribution in [1.82, 2.24) is 31.9 Å². The number of anilines is 1. The van der Waals surface area contributed by atoms with Crippen LogP contribution in [0, 0.1) is 23.7 Å². The molecule has 7 rings (SSSR count). The van der Waals surface area contributed by atoms with Crippen molar-refractivity contribution in [3.63, 3.8) is 0 Å². The van der Waals surface area contributed by atoms with Gasteiger partial charge >= 0.3 is 17.9 Å². The number of nitrogens with two attached hydrogens (primary N) is 2. The molecule has 8 atom stereocenters. The van der Waals surface area contributed by atoms with Gasteiger partial charge in [0.2, 0.25) is 41.1 Å². The summed E-state index contributed by atoms with van der Waals surface area (Å²) < 4.78 is 72.5. The molecule has 4 heterocycles. The van der Waals surface area contributed by atoms with Crippen molar-refractivity contribution < 1.29 is 113 Å². The van der Waals surface area contributed by atoms with Gasteiger partial charge in [-0.05, 0) is 113 Å². The fraction of sp³-hybridized carbons (Fsp3) is 0.512. The van der Waals surface area contributed by atoms with Gasteiger partial charge in [-0.2, -0.15) is 24.8 Å². The zero-order chi connectivity index (χ0) is 89.1. The van der Waals surface area contributed by atoms with Crippen LogP contribution >= 0.6 is 33.3 Å². The van der Waals surface area contributed by atoms with Crippen LogP contribution in [0.25, 0.3) is 0 Å². The zero-order valence-corrected chi connectivity index (χ0v) is 72.1. The van der Waals surface area contributed by atoms with Crippen molar-refractivity contribution in [1.29, 1.82) is 0 Å². The second kappa shape index (κ2) is 45.8. The van der Waals surface area contributed by atoms with Crippen LogP contribution in [0.3, 0.4) is 0 Å². The number of amides is 6. The molecule has 34 nitrogen and oxygen atoms in total. The van der Waals surface area contributed by atoms with Crippen LogP contribution in [0.4, 0.5) is 11.4 Å². The number of fused-ring (bicyclic) bond motifs is 2. The number of Topliss-reactive ketones (excluding diaryl/α,β-unsaturated/α-hetero) is 5. The lowest BCUT2D eigenvalue weighted by molar-refractivity contribution is -0.438. The summed E-state index contributed by atoms with van der Waals surface area (Å²) in [5.41, 5.74) is 14.9. The number of guanidine groups is 1. The Morgan fingerprint density at radius 1 is 0.669 bits per heavy atom. The molecule has 0 spiro atoms. The van der Waals surface area contributed by atoms with Gasteiger partial charge in [-0.25, -0.2) is 8.42 Å². The fourth-order valence-corrected chi connectivity index (χ4v) is 19.4. The van der Waals surface area contributed by atoms with Crippen LogP contribution < -0.4 is 48.3 Å². The van der Waals surface area contributed by atoms with Gasteiger partial charge in [0.05, 0.1) is 75.7 Å². The van der Waals surface area contributed by atoms with E-state index in [1.165, 1.54) is 24.3 Å². The third-order valence-electron chi connectivity index (χ3n) is 21.3. The SMILES string of the molecule is CCN1C(=CC=CC=CC2=[N+](CCCCCC(=O)NCCCC[C@@H]3CC(=O)CSC[C@@H](C(=O)N[C@@H](CCCN=C(N)N)C(=O)CCC(=O)N[C@@H](CC(=O)O)C(=O)C[C@H]4CSSC[C@@H](C(=O)NCC(=O)O)CC(=O)[C@H](Cc5ccccc5)NC4=O)CC(=O)[C@H](CC(=O)O)NC3=O)c3ccc(S(=O)(=O)O)cc3C2(C)C)C(C)(C)c2cc(S(=O)(=O)[O-])ccc21. The molecule has 14 N–H and O–H groups in total. The Morgan fingerprint density at radius 2 is 1.34 bits per heavy atom. The number of allylic oxidation sites excluding steroid dienone is 6. The summed E-state index contributed by atoms with van der Waals surface area (Å²) in [4.78, 5) is 193. The summed E-state index contributed by atoms with van der Waals surface area (Å²) in [6.45, 7) is 10.3. The largest absolute Gasteiger partial charge is 0.744 e. The molecule has 3 aromatic rings. The normalized spacial score (nSPS) is 20.6. The topological polar surface area (TPSA) is 554 Å². The Morgan fingerprint density at radius 3 is 2.01 bits per heavy atom. The highest BCUT2D eigenvalue weighted by molar-refractivity contribution is 8.76. The Bertz CT molecular complexity index is 4780. The molecular formula is C82H107N11O23S5. The van der Waals surface area contributed by atoms with Crippen molar-refractivity contribution in [2.24, 2.45) is 40.1 Å². The first-order valence-electron chi connectivity index (χ1n) is 39.7. The number of carbonyl (C=O) groups is 14. The lowest BCUT2D eigenvalue weighted by atomic mass is 9.81. The van der Waals surface area contributed by atoms with Gasteiger partial charge in [-0.15, -0.1) is 0 Å². The number of carboxylic acid groups (broad SMARTS) is 3. The van der Waals surface area contributed by atoms with E-state index in [4.69, 9.17) is 16.6 Å². The number of unbranched alkanes of at least 4 members (excludes halogenated alkanes) is 3. The second-order valence-corrected chi connectivity index (χ2v) is 37.5. The van der Waals surface area contributed by atoms with Gasteiger partial charge in [0.1, 0.15) is 29.0 Å².